The Morgan fingerprint density at radius 3 is 2.48 bits per heavy atom. The number of piperidine rings is 1. The van der Waals surface area contributed by atoms with Gasteiger partial charge in [-0.05, 0) is 31.7 Å². The summed E-state index contributed by atoms with van der Waals surface area (Å²) in [5, 5.41) is 11.1. The summed E-state index contributed by atoms with van der Waals surface area (Å²) in [6.07, 6.45) is 3.95. The van der Waals surface area contributed by atoms with Gasteiger partial charge in [-0.2, -0.15) is 0 Å². The van der Waals surface area contributed by atoms with Gasteiger partial charge >= 0.3 is 5.97 Å². The molecule has 27 heavy (non-hydrogen) atoms. The van der Waals surface area contributed by atoms with Crippen molar-refractivity contribution in [2.45, 2.75) is 32.1 Å². The van der Waals surface area contributed by atoms with Gasteiger partial charge in [0.25, 0.3) is 11.6 Å². The fourth-order valence-corrected chi connectivity index (χ4v) is 3.41. The molecule has 1 aromatic rings. The lowest BCUT2D eigenvalue weighted by atomic mass is 10.1. The molecule has 1 aromatic carbocycles. The number of carbonyl (C=O) groups is 3. The highest BCUT2D eigenvalue weighted by Gasteiger charge is 2.28. The monoisotopic (exact) mass is 375 g/mol. The summed E-state index contributed by atoms with van der Waals surface area (Å²) in [5.74, 6) is -1.66. The summed E-state index contributed by atoms with van der Waals surface area (Å²) in [4.78, 5) is 49.8. The number of benzene rings is 1. The van der Waals surface area contributed by atoms with Crippen molar-refractivity contribution < 1.29 is 24.0 Å². The summed E-state index contributed by atoms with van der Waals surface area (Å²) in [6, 6.07) is 4.08. The second-order valence-corrected chi connectivity index (χ2v) is 6.63. The van der Waals surface area contributed by atoms with Gasteiger partial charge in [0.1, 0.15) is 0 Å². The van der Waals surface area contributed by atoms with Crippen LogP contribution in [0, 0.1) is 10.1 Å². The van der Waals surface area contributed by atoms with E-state index in [9.17, 15) is 24.5 Å². The largest absolute Gasteiger partial charge is 0.452 e. The number of likely N-dealkylation sites (tertiary alicyclic amines) is 1. The van der Waals surface area contributed by atoms with E-state index >= 15 is 0 Å². The minimum absolute atomic E-state index is 0.0617. The van der Waals surface area contributed by atoms with Crippen LogP contribution >= 0.6 is 0 Å². The van der Waals surface area contributed by atoms with Crippen molar-refractivity contribution in [3.8, 4) is 0 Å². The normalized spacial score (nSPS) is 17.1. The van der Waals surface area contributed by atoms with E-state index < -0.39 is 23.4 Å². The molecule has 0 unspecified atom stereocenters. The fraction of sp³-hybridized carbons (Fsp3) is 0.500. The van der Waals surface area contributed by atoms with Crippen molar-refractivity contribution in [2.24, 2.45) is 0 Å². The molecule has 3 rings (SSSR count). The van der Waals surface area contributed by atoms with E-state index in [2.05, 4.69) is 0 Å². The number of imide groups is 1. The molecule has 2 aliphatic heterocycles. The Kier molecular flexibility index (Phi) is 5.68. The lowest BCUT2D eigenvalue weighted by Crippen LogP contribution is -2.35. The van der Waals surface area contributed by atoms with E-state index in [4.69, 9.17) is 4.74 Å². The highest BCUT2D eigenvalue weighted by molar-refractivity contribution is 6.00. The quantitative estimate of drug-likeness (QED) is 0.439. The minimum atomic E-state index is -0.806. The Hall–Kier alpha value is -2.97. The highest BCUT2D eigenvalue weighted by atomic mass is 16.6. The van der Waals surface area contributed by atoms with E-state index in [1.54, 1.807) is 6.07 Å². The minimum Gasteiger partial charge on any atom is -0.452 e. The maximum absolute atomic E-state index is 12.6. The van der Waals surface area contributed by atoms with Crippen LogP contribution in [0.25, 0.3) is 0 Å². The van der Waals surface area contributed by atoms with Crippen molar-refractivity contribution in [2.75, 3.05) is 31.1 Å². The van der Waals surface area contributed by atoms with Crippen LogP contribution in [-0.4, -0.2) is 53.8 Å². The molecule has 0 N–H and O–H groups in total. The Morgan fingerprint density at radius 2 is 1.85 bits per heavy atom. The molecule has 9 nitrogen and oxygen atoms in total. The van der Waals surface area contributed by atoms with Crippen molar-refractivity contribution in [1.29, 1.82) is 0 Å². The topological polar surface area (TPSA) is 110 Å². The Balaban J connectivity index is 1.76. The Labute approximate surface area is 156 Å². The molecule has 0 saturated carbocycles. The van der Waals surface area contributed by atoms with Gasteiger partial charge in [-0.15, -0.1) is 0 Å². The van der Waals surface area contributed by atoms with Crippen molar-refractivity contribution in [3.05, 3.63) is 33.9 Å². The SMILES string of the molecule is O=C(OCC(=O)N1CCCC1=O)c1cc([N+](=O)[O-])ccc1N1CCCCC1. The van der Waals surface area contributed by atoms with Gasteiger partial charge in [-0.25, -0.2) is 4.79 Å². The highest BCUT2D eigenvalue weighted by Crippen LogP contribution is 2.28. The number of nitro benzene ring substituents is 1. The number of anilines is 1. The molecular formula is C18H21N3O6. The lowest BCUT2D eigenvalue weighted by molar-refractivity contribution is -0.384. The first kappa shape index (κ1) is 18.8. The van der Waals surface area contributed by atoms with Gasteiger partial charge < -0.3 is 9.64 Å². The molecule has 2 aliphatic rings. The average Bonchev–Trinajstić information content (AvgIpc) is 3.12. The molecule has 0 radical (unpaired) electrons. The summed E-state index contributed by atoms with van der Waals surface area (Å²) < 4.78 is 5.09. The number of nitrogens with zero attached hydrogens (tertiary/aromatic N) is 3. The van der Waals surface area contributed by atoms with Gasteiger partial charge in [-0.3, -0.25) is 24.6 Å². The fourth-order valence-electron chi connectivity index (χ4n) is 3.41. The van der Waals surface area contributed by atoms with Crippen molar-refractivity contribution in [1.82, 2.24) is 4.90 Å². The zero-order chi connectivity index (χ0) is 19.4. The first-order chi connectivity index (χ1) is 13.0. The number of non-ortho nitro benzene ring substituents is 1. The van der Waals surface area contributed by atoms with E-state index in [0.29, 0.717) is 25.1 Å². The van der Waals surface area contributed by atoms with Gasteiger partial charge in [0.05, 0.1) is 16.2 Å². The molecular weight excluding hydrogens is 354 g/mol. The zero-order valence-corrected chi connectivity index (χ0v) is 14.9. The molecule has 2 saturated heterocycles. The number of rotatable bonds is 5. The van der Waals surface area contributed by atoms with Crippen LogP contribution in [0.4, 0.5) is 11.4 Å². The predicted molar refractivity (Wildman–Crippen MR) is 95.4 cm³/mol. The molecule has 0 aromatic heterocycles. The molecule has 2 fully saturated rings. The number of esters is 1. The molecule has 2 amide bonds. The van der Waals surface area contributed by atoms with Crippen LogP contribution in [0.1, 0.15) is 42.5 Å². The van der Waals surface area contributed by atoms with E-state index in [0.717, 1.165) is 37.3 Å². The van der Waals surface area contributed by atoms with Gasteiger partial charge in [-0.1, -0.05) is 0 Å². The van der Waals surface area contributed by atoms with Gasteiger partial charge in [0.15, 0.2) is 6.61 Å². The van der Waals surface area contributed by atoms with Crippen molar-refractivity contribution in [3.63, 3.8) is 0 Å². The zero-order valence-electron chi connectivity index (χ0n) is 14.9. The first-order valence-electron chi connectivity index (χ1n) is 9.01. The summed E-state index contributed by atoms with van der Waals surface area (Å²) >= 11 is 0. The molecule has 144 valence electrons. The second-order valence-electron chi connectivity index (χ2n) is 6.63. The number of nitro groups is 1. The number of hydrogen-bond acceptors (Lipinski definition) is 7. The third kappa shape index (κ3) is 4.24. The number of hydrogen-bond donors (Lipinski definition) is 0. The molecule has 0 spiro atoms. The smallest absolute Gasteiger partial charge is 0.341 e. The number of amides is 2. The first-order valence-corrected chi connectivity index (χ1v) is 9.01. The molecule has 0 aliphatic carbocycles. The van der Waals surface area contributed by atoms with Crippen LogP contribution in [-0.2, 0) is 14.3 Å². The van der Waals surface area contributed by atoms with Crippen molar-refractivity contribution >= 4 is 29.2 Å². The summed E-state index contributed by atoms with van der Waals surface area (Å²) in [6.45, 7) is 1.26. The van der Waals surface area contributed by atoms with E-state index in [-0.39, 0.29) is 17.2 Å². The maximum Gasteiger partial charge on any atom is 0.341 e. The number of carbonyl (C=O) groups excluding carboxylic acids is 3. The molecule has 9 heteroatoms. The molecule has 0 bridgehead atoms. The van der Waals surface area contributed by atoms with Crippen LogP contribution < -0.4 is 4.90 Å². The number of ether oxygens (including phenoxy) is 1. The standard InChI is InChI=1S/C18H21N3O6/c22-16-5-4-10-20(16)17(23)12-27-18(24)14-11-13(21(25)26)6-7-15(14)19-8-2-1-3-9-19/h6-7,11H,1-5,8-10,12H2. The molecule has 0 atom stereocenters. The lowest BCUT2D eigenvalue weighted by Gasteiger charge is -2.30. The summed E-state index contributed by atoms with van der Waals surface area (Å²) in [7, 11) is 0. The Bertz CT molecular complexity index is 772. The van der Waals surface area contributed by atoms with E-state index in [1.807, 2.05) is 4.90 Å². The third-order valence-electron chi connectivity index (χ3n) is 4.81. The Morgan fingerprint density at radius 1 is 1.11 bits per heavy atom. The average molecular weight is 375 g/mol. The van der Waals surface area contributed by atoms with Crippen LogP contribution in [0.2, 0.25) is 0 Å². The maximum atomic E-state index is 12.6. The second kappa shape index (κ2) is 8.15. The third-order valence-corrected chi connectivity index (χ3v) is 4.81. The summed E-state index contributed by atoms with van der Waals surface area (Å²) in [5.41, 5.74) is 0.408. The molecule has 2 heterocycles. The van der Waals surface area contributed by atoms with Crippen LogP contribution in [0.5, 0.6) is 0 Å². The van der Waals surface area contributed by atoms with E-state index in [1.165, 1.54) is 12.1 Å². The van der Waals surface area contributed by atoms with Gasteiger partial charge in [0, 0.05) is 38.2 Å². The van der Waals surface area contributed by atoms with Gasteiger partial charge in [0.2, 0.25) is 5.91 Å². The van der Waals surface area contributed by atoms with Crippen LogP contribution in [0.3, 0.4) is 0 Å². The van der Waals surface area contributed by atoms with Crippen LogP contribution in [0.15, 0.2) is 18.2 Å². The predicted octanol–water partition coefficient (Wildman–Crippen LogP) is 1.89.